The Morgan fingerprint density at radius 1 is 1.60 bits per heavy atom. The molecule has 56 valence electrons. The second-order valence-corrected chi connectivity index (χ2v) is 3.25. The highest BCUT2D eigenvalue weighted by molar-refractivity contribution is 8.02. The van der Waals surface area contributed by atoms with Crippen molar-refractivity contribution in [1.82, 2.24) is 0 Å². The molecule has 0 bridgehead atoms. The SMILES string of the molecule is O=S(=O)(O)C1=NCCC=C1. The lowest BCUT2D eigenvalue weighted by molar-refractivity contribution is 0.498. The number of hydrogen-bond acceptors (Lipinski definition) is 3. The van der Waals surface area contributed by atoms with E-state index in [0.717, 1.165) is 6.42 Å². The highest BCUT2D eigenvalue weighted by atomic mass is 32.2. The van der Waals surface area contributed by atoms with E-state index in [1.807, 2.05) is 0 Å². The van der Waals surface area contributed by atoms with Crippen LogP contribution in [-0.2, 0) is 10.1 Å². The number of hydrogen-bond donors (Lipinski definition) is 1. The Hall–Kier alpha value is -0.680. The fourth-order valence-electron chi connectivity index (χ4n) is 0.654. The molecule has 0 aromatic rings. The van der Waals surface area contributed by atoms with E-state index in [-0.39, 0.29) is 5.04 Å². The first-order valence-corrected chi connectivity index (χ1v) is 4.23. The molecule has 0 aliphatic carbocycles. The molecule has 1 aliphatic heterocycles. The van der Waals surface area contributed by atoms with Crippen LogP contribution in [-0.4, -0.2) is 24.6 Å². The molecule has 0 atom stereocenters. The lowest BCUT2D eigenvalue weighted by Gasteiger charge is -2.00. The third-order valence-electron chi connectivity index (χ3n) is 1.09. The van der Waals surface area contributed by atoms with E-state index in [9.17, 15) is 8.42 Å². The predicted molar refractivity (Wildman–Crippen MR) is 37.6 cm³/mol. The van der Waals surface area contributed by atoms with E-state index in [1.165, 1.54) is 6.08 Å². The highest BCUT2D eigenvalue weighted by Gasteiger charge is 2.12. The molecule has 1 rings (SSSR count). The van der Waals surface area contributed by atoms with Crippen LogP contribution in [0.4, 0.5) is 0 Å². The summed E-state index contributed by atoms with van der Waals surface area (Å²) < 4.78 is 29.2. The first-order chi connectivity index (χ1) is 4.61. The van der Waals surface area contributed by atoms with Gasteiger partial charge in [0.2, 0.25) is 0 Å². The van der Waals surface area contributed by atoms with Crippen molar-refractivity contribution in [3.05, 3.63) is 12.2 Å². The van der Waals surface area contributed by atoms with E-state index in [2.05, 4.69) is 4.99 Å². The van der Waals surface area contributed by atoms with E-state index in [4.69, 9.17) is 4.55 Å². The largest absolute Gasteiger partial charge is 0.311 e. The summed E-state index contributed by atoms with van der Waals surface area (Å²) >= 11 is 0. The van der Waals surface area contributed by atoms with Crippen LogP contribution < -0.4 is 0 Å². The second kappa shape index (κ2) is 2.51. The zero-order valence-electron chi connectivity index (χ0n) is 5.19. The summed E-state index contributed by atoms with van der Waals surface area (Å²) in [4.78, 5) is 3.59. The molecule has 1 aliphatic rings. The molecule has 0 aromatic heterocycles. The Labute approximate surface area is 59.0 Å². The second-order valence-electron chi connectivity index (χ2n) is 1.89. The molecule has 0 aromatic carbocycles. The quantitative estimate of drug-likeness (QED) is 0.517. The van der Waals surface area contributed by atoms with Gasteiger partial charge in [-0.15, -0.1) is 0 Å². The van der Waals surface area contributed by atoms with Crippen LogP contribution in [0, 0.1) is 0 Å². The smallest absolute Gasteiger partial charge is 0.281 e. The van der Waals surface area contributed by atoms with Gasteiger partial charge in [-0.2, -0.15) is 8.42 Å². The van der Waals surface area contributed by atoms with Gasteiger partial charge in [0.15, 0.2) is 5.04 Å². The van der Waals surface area contributed by atoms with Gasteiger partial charge in [-0.25, -0.2) is 0 Å². The summed E-state index contributed by atoms with van der Waals surface area (Å²) in [5.74, 6) is 0. The average Bonchev–Trinajstić information content (AvgIpc) is 1.88. The normalized spacial score (nSPS) is 18.7. The zero-order valence-corrected chi connectivity index (χ0v) is 6.00. The average molecular weight is 161 g/mol. The molecule has 0 saturated heterocycles. The molecular weight excluding hydrogens is 154 g/mol. The van der Waals surface area contributed by atoms with Crippen LogP contribution in [0.5, 0.6) is 0 Å². The first-order valence-electron chi connectivity index (χ1n) is 2.79. The summed E-state index contributed by atoms with van der Waals surface area (Å²) in [6.07, 6.45) is 3.70. The Balaban J connectivity index is 2.94. The minimum absolute atomic E-state index is 0.237. The van der Waals surface area contributed by atoms with Gasteiger partial charge in [-0.3, -0.25) is 9.55 Å². The van der Waals surface area contributed by atoms with Crippen molar-refractivity contribution in [2.24, 2.45) is 4.99 Å². The van der Waals surface area contributed by atoms with Crippen molar-refractivity contribution in [2.75, 3.05) is 6.54 Å². The fraction of sp³-hybridized carbons (Fsp3) is 0.400. The third kappa shape index (κ3) is 1.65. The summed E-state index contributed by atoms with van der Waals surface area (Å²) in [5.41, 5.74) is 0. The minimum Gasteiger partial charge on any atom is -0.281 e. The topological polar surface area (TPSA) is 66.7 Å². The molecular formula is C5H7NO3S. The van der Waals surface area contributed by atoms with Crippen molar-refractivity contribution in [2.45, 2.75) is 6.42 Å². The Kier molecular flexibility index (Phi) is 1.87. The van der Waals surface area contributed by atoms with Gasteiger partial charge in [0, 0.05) is 6.54 Å². The molecule has 1 heterocycles. The fourth-order valence-corrected chi connectivity index (χ4v) is 1.18. The lowest BCUT2D eigenvalue weighted by atomic mass is 10.3. The van der Waals surface area contributed by atoms with Gasteiger partial charge in [0.1, 0.15) is 0 Å². The maximum atomic E-state index is 10.4. The van der Waals surface area contributed by atoms with E-state index in [1.54, 1.807) is 6.08 Å². The van der Waals surface area contributed by atoms with Gasteiger partial charge >= 0.3 is 10.1 Å². The van der Waals surface area contributed by atoms with Gasteiger partial charge in [-0.05, 0) is 12.5 Å². The number of aliphatic imine (C=N–C) groups is 1. The maximum absolute atomic E-state index is 10.4. The standard InChI is InChI=1S/C5H7NO3S/c7-10(8,9)5-3-1-2-4-6-5/h1,3H,2,4H2,(H,7,8,9). The van der Waals surface area contributed by atoms with Gasteiger partial charge in [-0.1, -0.05) is 6.08 Å². The number of dihydropyridines is 1. The zero-order chi connectivity index (χ0) is 7.61. The van der Waals surface area contributed by atoms with Crippen molar-refractivity contribution >= 4 is 15.2 Å². The van der Waals surface area contributed by atoms with Crippen LogP contribution in [0.2, 0.25) is 0 Å². The number of rotatable bonds is 0. The van der Waals surface area contributed by atoms with E-state index in [0.29, 0.717) is 6.54 Å². The minimum atomic E-state index is -4.06. The van der Waals surface area contributed by atoms with Crippen molar-refractivity contribution in [3.8, 4) is 0 Å². The molecule has 0 saturated carbocycles. The summed E-state index contributed by atoms with van der Waals surface area (Å²) in [7, 11) is -4.06. The van der Waals surface area contributed by atoms with Crippen LogP contribution in [0.25, 0.3) is 0 Å². The van der Waals surface area contributed by atoms with Crippen molar-refractivity contribution in [1.29, 1.82) is 0 Å². The molecule has 10 heavy (non-hydrogen) atoms. The van der Waals surface area contributed by atoms with Crippen LogP contribution in [0.1, 0.15) is 6.42 Å². The maximum Gasteiger partial charge on any atom is 0.311 e. The molecule has 0 spiro atoms. The van der Waals surface area contributed by atoms with E-state index < -0.39 is 10.1 Å². The van der Waals surface area contributed by atoms with Crippen LogP contribution in [0.3, 0.4) is 0 Å². The summed E-state index contributed by atoms with van der Waals surface area (Å²) in [6, 6.07) is 0. The first kappa shape index (κ1) is 7.43. The van der Waals surface area contributed by atoms with Crippen LogP contribution >= 0.6 is 0 Å². The van der Waals surface area contributed by atoms with Gasteiger partial charge in [0.25, 0.3) is 0 Å². The van der Waals surface area contributed by atoms with Gasteiger partial charge in [0.05, 0.1) is 0 Å². The van der Waals surface area contributed by atoms with Crippen LogP contribution in [0.15, 0.2) is 17.1 Å². The Bertz CT molecular complexity index is 275. The van der Waals surface area contributed by atoms with Gasteiger partial charge < -0.3 is 0 Å². The Morgan fingerprint density at radius 2 is 2.30 bits per heavy atom. The molecule has 0 fully saturated rings. The molecule has 0 radical (unpaired) electrons. The number of nitrogens with zero attached hydrogens (tertiary/aromatic N) is 1. The monoisotopic (exact) mass is 161 g/mol. The molecule has 0 amide bonds. The highest BCUT2D eigenvalue weighted by Crippen LogP contribution is 2.00. The van der Waals surface area contributed by atoms with Crippen molar-refractivity contribution in [3.63, 3.8) is 0 Å². The van der Waals surface area contributed by atoms with Crippen molar-refractivity contribution < 1.29 is 13.0 Å². The molecule has 0 unspecified atom stereocenters. The lowest BCUT2D eigenvalue weighted by Crippen LogP contribution is -2.13. The predicted octanol–water partition coefficient (Wildman–Crippen LogP) is 0.233. The molecule has 4 nitrogen and oxygen atoms in total. The third-order valence-corrected chi connectivity index (χ3v) is 1.88. The summed E-state index contributed by atoms with van der Waals surface area (Å²) in [6.45, 7) is 0.436. The van der Waals surface area contributed by atoms with E-state index >= 15 is 0 Å². The Morgan fingerprint density at radius 3 is 2.60 bits per heavy atom. The summed E-state index contributed by atoms with van der Waals surface area (Å²) in [5, 5.41) is -0.237. The molecule has 5 heteroatoms. The molecule has 1 N–H and O–H groups in total.